The zero-order valence-corrected chi connectivity index (χ0v) is 16.7. The number of amides is 1. The van der Waals surface area contributed by atoms with Gasteiger partial charge in [0.15, 0.2) is 6.10 Å². The number of aromatic amines is 1. The molecule has 1 aromatic carbocycles. The summed E-state index contributed by atoms with van der Waals surface area (Å²) in [7, 11) is 0. The Bertz CT molecular complexity index is 819. The van der Waals surface area contributed by atoms with Crippen LogP contribution in [0, 0.1) is 0 Å². The van der Waals surface area contributed by atoms with Crippen molar-refractivity contribution in [1.82, 2.24) is 10.3 Å². The standard InChI is InChI=1S/C20H26N2O6/c1-12(23)26-11-17(22-19(25)28-20(3,4)5)18(27-13(2)24)16-10-14-8-6-7-9-15(14)21-16/h6-10,17-18,21H,11H2,1-5H3,(H,22,25)/t17-,18-/m0/s1. The van der Waals surface area contributed by atoms with E-state index in [2.05, 4.69) is 10.3 Å². The molecule has 0 fully saturated rings. The molecule has 28 heavy (non-hydrogen) atoms. The van der Waals surface area contributed by atoms with Crippen molar-refractivity contribution in [2.45, 2.75) is 52.4 Å². The average molecular weight is 390 g/mol. The number of rotatable bonds is 6. The number of esters is 2. The molecule has 0 aliphatic heterocycles. The van der Waals surface area contributed by atoms with Crippen LogP contribution in [0.3, 0.4) is 0 Å². The molecule has 0 aliphatic rings. The molecule has 0 saturated heterocycles. The maximum absolute atomic E-state index is 12.3. The van der Waals surface area contributed by atoms with Crippen LogP contribution in [0.1, 0.15) is 46.4 Å². The fourth-order valence-corrected chi connectivity index (χ4v) is 2.66. The highest BCUT2D eigenvalue weighted by atomic mass is 16.6. The molecule has 0 aliphatic carbocycles. The zero-order chi connectivity index (χ0) is 20.9. The van der Waals surface area contributed by atoms with E-state index in [0.717, 1.165) is 10.9 Å². The smallest absolute Gasteiger partial charge is 0.408 e. The van der Waals surface area contributed by atoms with Crippen LogP contribution in [0.15, 0.2) is 30.3 Å². The summed E-state index contributed by atoms with van der Waals surface area (Å²) in [5.74, 6) is -1.06. The number of alkyl carbamates (subject to hydrolysis) is 1. The van der Waals surface area contributed by atoms with Gasteiger partial charge in [0.1, 0.15) is 18.2 Å². The number of benzene rings is 1. The molecule has 0 bridgehead atoms. The van der Waals surface area contributed by atoms with Gasteiger partial charge in [-0.05, 0) is 38.3 Å². The van der Waals surface area contributed by atoms with E-state index in [0.29, 0.717) is 5.69 Å². The summed E-state index contributed by atoms with van der Waals surface area (Å²) in [4.78, 5) is 38.5. The minimum absolute atomic E-state index is 0.193. The lowest BCUT2D eigenvalue weighted by molar-refractivity contribution is -0.151. The van der Waals surface area contributed by atoms with E-state index in [4.69, 9.17) is 14.2 Å². The summed E-state index contributed by atoms with van der Waals surface area (Å²) in [6.07, 6.45) is -1.62. The van der Waals surface area contributed by atoms with Crippen molar-refractivity contribution >= 4 is 28.9 Å². The molecule has 0 radical (unpaired) electrons. The van der Waals surface area contributed by atoms with Crippen LogP contribution in [-0.2, 0) is 23.8 Å². The summed E-state index contributed by atoms with van der Waals surface area (Å²) >= 11 is 0. The Morgan fingerprint density at radius 3 is 2.36 bits per heavy atom. The second kappa shape index (κ2) is 8.77. The molecular weight excluding hydrogens is 364 g/mol. The predicted molar refractivity (Wildman–Crippen MR) is 103 cm³/mol. The van der Waals surface area contributed by atoms with Crippen molar-refractivity contribution in [2.24, 2.45) is 0 Å². The van der Waals surface area contributed by atoms with Crippen LogP contribution in [-0.4, -0.2) is 41.3 Å². The van der Waals surface area contributed by atoms with Crippen molar-refractivity contribution in [3.8, 4) is 0 Å². The van der Waals surface area contributed by atoms with E-state index in [9.17, 15) is 14.4 Å². The van der Waals surface area contributed by atoms with E-state index < -0.39 is 35.8 Å². The summed E-state index contributed by atoms with van der Waals surface area (Å²) < 4.78 is 15.8. The lowest BCUT2D eigenvalue weighted by Crippen LogP contribution is -2.46. The number of carbonyl (C=O) groups is 3. The number of hydrogen-bond donors (Lipinski definition) is 2. The molecule has 2 atom stereocenters. The Balaban J connectivity index is 2.34. The maximum Gasteiger partial charge on any atom is 0.408 e. The number of H-pyrrole nitrogens is 1. The van der Waals surface area contributed by atoms with Crippen LogP contribution in [0.25, 0.3) is 10.9 Å². The SMILES string of the molecule is CC(=O)OC[C@H](NC(=O)OC(C)(C)C)[C@@H](OC(C)=O)c1cc2ccccc2[nH]1. The first-order valence-corrected chi connectivity index (χ1v) is 8.93. The molecule has 2 aromatic rings. The zero-order valence-electron chi connectivity index (χ0n) is 16.7. The van der Waals surface area contributed by atoms with Gasteiger partial charge in [-0.2, -0.15) is 0 Å². The van der Waals surface area contributed by atoms with Crippen molar-refractivity contribution in [3.63, 3.8) is 0 Å². The van der Waals surface area contributed by atoms with Gasteiger partial charge < -0.3 is 24.5 Å². The lowest BCUT2D eigenvalue weighted by atomic mass is 10.1. The first-order chi connectivity index (χ1) is 13.0. The molecule has 8 heteroatoms. The third kappa shape index (κ3) is 6.29. The summed E-state index contributed by atoms with van der Waals surface area (Å²) in [6.45, 7) is 7.53. The lowest BCUT2D eigenvalue weighted by Gasteiger charge is -2.28. The number of ether oxygens (including phenoxy) is 3. The molecule has 0 unspecified atom stereocenters. The Hall–Kier alpha value is -3.03. The average Bonchev–Trinajstić information content (AvgIpc) is 2.98. The second-order valence-electron chi connectivity index (χ2n) is 7.40. The van der Waals surface area contributed by atoms with Crippen LogP contribution in [0.2, 0.25) is 0 Å². The van der Waals surface area contributed by atoms with Crippen LogP contribution in [0.4, 0.5) is 4.79 Å². The minimum atomic E-state index is -0.906. The molecule has 1 amide bonds. The third-order valence-corrected chi connectivity index (χ3v) is 3.68. The van der Waals surface area contributed by atoms with Crippen molar-refractivity contribution in [2.75, 3.05) is 6.61 Å². The van der Waals surface area contributed by atoms with Crippen LogP contribution in [0.5, 0.6) is 0 Å². The van der Waals surface area contributed by atoms with Crippen LogP contribution >= 0.6 is 0 Å². The van der Waals surface area contributed by atoms with E-state index >= 15 is 0 Å². The first-order valence-electron chi connectivity index (χ1n) is 8.93. The third-order valence-electron chi connectivity index (χ3n) is 3.68. The molecular formula is C20H26N2O6. The maximum atomic E-state index is 12.3. The van der Waals surface area contributed by atoms with E-state index in [1.54, 1.807) is 20.8 Å². The number of hydrogen-bond acceptors (Lipinski definition) is 6. The van der Waals surface area contributed by atoms with E-state index in [-0.39, 0.29) is 6.61 Å². The summed E-state index contributed by atoms with van der Waals surface area (Å²) in [6, 6.07) is 8.51. The van der Waals surface area contributed by atoms with Gasteiger partial charge in [0.05, 0.1) is 5.69 Å². The molecule has 8 nitrogen and oxygen atoms in total. The van der Waals surface area contributed by atoms with Gasteiger partial charge in [-0.1, -0.05) is 18.2 Å². The monoisotopic (exact) mass is 390 g/mol. The Labute approximate surface area is 163 Å². The summed E-state index contributed by atoms with van der Waals surface area (Å²) in [5, 5.41) is 3.56. The molecule has 1 aromatic heterocycles. The van der Waals surface area contributed by atoms with Gasteiger partial charge >= 0.3 is 18.0 Å². The van der Waals surface area contributed by atoms with Gasteiger partial charge in [0, 0.05) is 19.4 Å². The predicted octanol–water partition coefficient (Wildman–Crippen LogP) is 3.23. The molecule has 0 saturated carbocycles. The fraction of sp³-hybridized carbons (Fsp3) is 0.450. The molecule has 2 rings (SSSR count). The molecule has 1 heterocycles. The van der Waals surface area contributed by atoms with Gasteiger partial charge in [-0.3, -0.25) is 9.59 Å². The van der Waals surface area contributed by atoms with Gasteiger partial charge in [-0.25, -0.2) is 4.79 Å². The van der Waals surface area contributed by atoms with Crippen molar-refractivity contribution < 1.29 is 28.6 Å². The highest BCUT2D eigenvalue weighted by molar-refractivity contribution is 5.80. The number of nitrogens with one attached hydrogen (secondary N) is 2. The highest BCUT2D eigenvalue weighted by Gasteiger charge is 2.31. The van der Waals surface area contributed by atoms with Crippen molar-refractivity contribution in [3.05, 3.63) is 36.0 Å². The van der Waals surface area contributed by atoms with E-state index in [1.807, 2.05) is 30.3 Å². The molecule has 152 valence electrons. The minimum Gasteiger partial charge on any atom is -0.464 e. The van der Waals surface area contributed by atoms with Crippen molar-refractivity contribution in [1.29, 1.82) is 0 Å². The number of aromatic nitrogens is 1. The van der Waals surface area contributed by atoms with Gasteiger partial charge in [-0.15, -0.1) is 0 Å². The quantitative estimate of drug-likeness (QED) is 0.579. The Kier molecular flexibility index (Phi) is 6.66. The van der Waals surface area contributed by atoms with Gasteiger partial charge in [0.2, 0.25) is 0 Å². The van der Waals surface area contributed by atoms with E-state index in [1.165, 1.54) is 13.8 Å². The molecule has 2 N–H and O–H groups in total. The Morgan fingerprint density at radius 2 is 1.79 bits per heavy atom. The second-order valence-corrected chi connectivity index (χ2v) is 7.40. The van der Waals surface area contributed by atoms with Crippen LogP contribution < -0.4 is 5.32 Å². The summed E-state index contributed by atoms with van der Waals surface area (Å²) in [5.41, 5.74) is 0.691. The first kappa shape index (κ1) is 21.3. The number of para-hydroxylation sites is 1. The fourth-order valence-electron chi connectivity index (χ4n) is 2.66. The van der Waals surface area contributed by atoms with Gasteiger partial charge in [0.25, 0.3) is 0 Å². The largest absolute Gasteiger partial charge is 0.464 e. The topological polar surface area (TPSA) is 107 Å². The highest BCUT2D eigenvalue weighted by Crippen LogP contribution is 2.26. The number of fused-ring (bicyclic) bond motifs is 1. The normalized spacial score (nSPS) is 13.5. The Morgan fingerprint density at radius 1 is 1.11 bits per heavy atom. The molecule has 0 spiro atoms. The number of carbonyl (C=O) groups excluding carboxylic acids is 3.